The Kier molecular flexibility index (Phi) is 5.42. The van der Waals surface area contributed by atoms with Crippen LogP contribution in [-0.4, -0.2) is 42.9 Å². The van der Waals surface area contributed by atoms with E-state index in [-0.39, 0.29) is 0 Å². The first-order valence-corrected chi connectivity index (χ1v) is 8.19. The van der Waals surface area contributed by atoms with Crippen LogP contribution in [0.1, 0.15) is 17.2 Å². The van der Waals surface area contributed by atoms with Crippen molar-refractivity contribution in [2.45, 2.75) is 12.3 Å². The number of morpholine rings is 1. The molecule has 3 nitrogen and oxygen atoms in total. The molecule has 25 heavy (non-hydrogen) atoms. The van der Waals surface area contributed by atoms with E-state index in [1.54, 1.807) is 30.3 Å². The normalized spacial score (nSPS) is 17.4. The highest BCUT2D eigenvalue weighted by molar-refractivity contribution is 5.64. The molecule has 1 aliphatic rings. The minimum atomic E-state index is -4.36. The first-order chi connectivity index (χ1) is 11.9. The first kappa shape index (κ1) is 17.9. The summed E-state index contributed by atoms with van der Waals surface area (Å²) in [4.78, 5) is 2.13. The maximum atomic E-state index is 12.8. The SMILES string of the molecule is O[C@H](CN1CCOCC1)c1ccc(-c2cccc(C(F)(F)F)c2)cc1. The van der Waals surface area contributed by atoms with Crippen LogP contribution in [0.5, 0.6) is 0 Å². The quantitative estimate of drug-likeness (QED) is 0.911. The van der Waals surface area contributed by atoms with Crippen molar-refractivity contribution in [1.82, 2.24) is 4.90 Å². The molecule has 0 aliphatic carbocycles. The second-order valence-corrected chi connectivity index (χ2v) is 6.13. The summed E-state index contributed by atoms with van der Waals surface area (Å²) in [6.45, 7) is 3.44. The molecule has 0 spiro atoms. The van der Waals surface area contributed by atoms with E-state index in [9.17, 15) is 18.3 Å². The Balaban J connectivity index is 1.71. The lowest BCUT2D eigenvalue weighted by Gasteiger charge is -2.28. The molecule has 0 amide bonds. The van der Waals surface area contributed by atoms with Crippen LogP contribution in [0.2, 0.25) is 0 Å². The highest BCUT2D eigenvalue weighted by Gasteiger charge is 2.30. The fraction of sp³-hybridized carbons (Fsp3) is 0.368. The van der Waals surface area contributed by atoms with Gasteiger partial charge in [0, 0.05) is 19.6 Å². The summed E-state index contributed by atoms with van der Waals surface area (Å²) in [5.41, 5.74) is 1.28. The van der Waals surface area contributed by atoms with Crippen LogP contribution in [0.4, 0.5) is 13.2 Å². The first-order valence-electron chi connectivity index (χ1n) is 8.19. The van der Waals surface area contributed by atoms with E-state index < -0.39 is 17.8 Å². The molecule has 0 unspecified atom stereocenters. The van der Waals surface area contributed by atoms with E-state index in [1.165, 1.54) is 6.07 Å². The molecule has 2 aromatic carbocycles. The van der Waals surface area contributed by atoms with Gasteiger partial charge < -0.3 is 9.84 Å². The second-order valence-electron chi connectivity index (χ2n) is 6.13. The van der Waals surface area contributed by atoms with Crippen molar-refractivity contribution in [2.24, 2.45) is 0 Å². The number of ether oxygens (including phenoxy) is 1. The van der Waals surface area contributed by atoms with E-state index in [2.05, 4.69) is 4.90 Å². The molecule has 1 fully saturated rings. The number of hydrogen-bond acceptors (Lipinski definition) is 3. The smallest absolute Gasteiger partial charge is 0.387 e. The molecule has 0 bridgehead atoms. The van der Waals surface area contributed by atoms with Gasteiger partial charge in [0.25, 0.3) is 0 Å². The maximum absolute atomic E-state index is 12.8. The summed E-state index contributed by atoms with van der Waals surface area (Å²) in [6.07, 6.45) is -4.99. The minimum absolute atomic E-state index is 0.504. The average molecular weight is 351 g/mol. The topological polar surface area (TPSA) is 32.7 Å². The molecular weight excluding hydrogens is 331 g/mol. The van der Waals surface area contributed by atoms with Crippen LogP contribution in [0.15, 0.2) is 48.5 Å². The zero-order chi connectivity index (χ0) is 17.9. The van der Waals surface area contributed by atoms with Gasteiger partial charge in [0.05, 0.1) is 24.9 Å². The molecule has 3 rings (SSSR count). The van der Waals surface area contributed by atoms with Crippen molar-refractivity contribution in [3.63, 3.8) is 0 Å². The van der Waals surface area contributed by atoms with E-state index in [1.807, 2.05) is 0 Å². The predicted molar refractivity (Wildman–Crippen MR) is 89.1 cm³/mol. The Morgan fingerprint density at radius 1 is 1.00 bits per heavy atom. The number of nitrogens with zero attached hydrogens (tertiary/aromatic N) is 1. The van der Waals surface area contributed by atoms with Crippen molar-refractivity contribution in [3.8, 4) is 11.1 Å². The zero-order valence-electron chi connectivity index (χ0n) is 13.7. The van der Waals surface area contributed by atoms with Crippen LogP contribution in [-0.2, 0) is 10.9 Å². The molecule has 0 saturated carbocycles. The fourth-order valence-corrected chi connectivity index (χ4v) is 2.91. The Morgan fingerprint density at radius 2 is 1.68 bits per heavy atom. The van der Waals surface area contributed by atoms with E-state index in [0.29, 0.717) is 30.9 Å². The number of aliphatic hydroxyl groups excluding tert-OH is 1. The number of hydrogen-bond donors (Lipinski definition) is 1. The van der Waals surface area contributed by atoms with Gasteiger partial charge in [0.15, 0.2) is 0 Å². The molecule has 1 aliphatic heterocycles. The second kappa shape index (κ2) is 7.56. The van der Waals surface area contributed by atoms with Gasteiger partial charge in [-0.1, -0.05) is 36.4 Å². The molecule has 0 radical (unpaired) electrons. The number of rotatable bonds is 4. The minimum Gasteiger partial charge on any atom is -0.387 e. The van der Waals surface area contributed by atoms with Crippen LogP contribution >= 0.6 is 0 Å². The molecule has 134 valence electrons. The van der Waals surface area contributed by atoms with Crippen LogP contribution < -0.4 is 0 Å². The summed E-state index contributed by atoms with van der Waals surface area (Å²) in [6, 6.07) is 12.3. The lowest BCUT2D eigenvalue weighted by molar-refractivity contribution is -0.137. The lowest BCUT2D eigenvalue weighted by atomic mass is 10.00. The number of aliphatic hydroxyl groups is 1. The van der Waals surface area contributed by atoms with Gasteiger partial charge >= 0.3 is 6.18 Å². The Labute approximate surface area is 144 Å². The summed E-state index contributed by atoms with van der Waals surface area (Å²) in [5, 5.41) is 10.4. The summed E-state index contributed by atoms with van der Waals surface area (Å²) in [7, 11) is 0. The molecule has 1 heterocycles. The Bertz CT molecular complexity index is 695. The summed E-state index contributed by atoms with van der Waals surface area (Å²) in [5.74, 6) is 0. The van der Waals surface area contributed by atoms with E-state index in [4.69, 9.17) is 4.74 Å². The molecular formula is C19H20F3NO2. The summed E-state index contributed by atoms with van der Waals surface area (Å²) < 4.78 is 43.8. The van der Waals surface area contributed by atoms with E-state index in [0.717, 1.165) is 30.8 Å². The highest BCUT2D eigenvalue weighted by Crippen LogP contribution is 2.32. The predicted octanol–water partition coefficient (Wildman–Crippen LogP) is 3.74. The lowest BCUT2D eigenvalue weighted by Crippen LogP contribution is -2.38. The Morgan fingerprint density at radius 3 is 2.32 bits per heavy atom. The molecule has 1 atom stereocenters. The Hall–Kier alpha value is -1.89. The van der Waals surface area contributed by atoms with Gasteiger partial charge in [-0.15, -0.1) is 0 Å². The van der Waals surface area contributed by atoms with Crippen molar-refractivity contribution in [1.29, 1.82) is 0 Å². The molecule has 0 aromatic heterocycles. The molecule has 2 aromatic rings. The van der Waals surface area contributed by atoms with Gasteiger partial charge in [0.1, 0.15) is 0 Å². The zero-order valence-corrected chi connectivity index (χ0v) is 13.7. The molecule has 6 heteroatoms. The highest BCUT2D eigenvalue weighted by atomic mass is 19.4. The number of benzene rings is 2. The van der Waals surface area contributed by atoms with Crippen molar-refractivity contribution < 1.29 is 23.0 Å². The third kappa shape index (κ3) is 4.60. The van der Waals surface area contributed by atoms with Gasteiger partial charge in [-0.3, -0.25) is 4.90 Å². The third-order valence-corrected chi connectivity index (χ3v) is 4.35. The van der Waals surface area contributed by atoms with Crippen molar-refractivity contribution in [2.75, 3.05) is 32.8 Å². The van der Waals surface area contributed by atoms with Gasteiger partial charge in [0.2, 0.25) is 0 Å². The van der Waals surface area contributed by atoms with Gasteiger partial charge in [-0.05, 0) is 28.8 Å². The standard InChI is InChI=1S/C19H20F3NO2/c20-19(21,22)17-3-1-2-16(12-17)14-4-6-15(7-5-14)18(24)13-23-8-10-25-11-9-23/h1-7,12,18,24H,8-11,13H2/t18-/m1/s1. The number of β-amino-alcohol motifs (C(OH)–C–C–N with tert-alkyl or cyclic N) is 1. The van der Waals surface area contributed by atoms with Crippen molar-refractivity contribution >= 4 is 0 Å². The van der Waals surface area contributed by atoms with Crippen LogP contribution in [0, 0.1) is 0 Å². The van der Waals surface area contributed by atoms with E-state index >= 15 is 0 Å². The molecule has 1 saturated heterocycles. The fourth-order valence-electron chi connectivity index (χ4n) is 2.91. The van der Waals surface area contributed by atoms with Gasteiger partial charge in [-0.25, -0.2) is 0 Å². The summed E-state index contributed by atoms with van der Waals surface area (Å²) >= 11 is 0. The number of alkyl halides is 3. The van der Waals surface area contributed by atoms with Crippen molar-refractivity contribution in [3.05, 3.63) is 59.7 Å². The van der Waals surface area contributed by atoms with Gasteiger partial charge in [-0.2, -0.15) is 13.2 Å². The molecule has 1 N–H and O–H groups in total. The third-order valence-electron chi connectivity index (χ3n) is 4.35. The maximum Gasteiger partial charge on any atom is 0.416 e. The monoisotopic (exact) mass is 351 g/mol. The number of halogens is 3. The average Bonchev–Trinajstić information content (AvgIpc) is 2.62. The van der Waals surface area contributed by atoms with Crippen LogP contribution in [0.3, 0.4) is 0 Å². The largest absolute Gasteiger partial charge is 0.416 e. The van der Waals surface area contributed by atoms with Crippen LogP contribution in [0.25, 0.3) is 11.1 Å².